The largest absolute Gasteiger partial charge is 0.470 e. The van der Waals surface area contributed by atoms with Crippen LogP contribution in [0, 0.1) is 13.8 Å². The second-order valence-electron chi connectivity index (χ2n) is 10.9. The van der Waals surface area contributed by atoms with Gasteiger partial charge in [0.1, 0.15) is 13.2 Å². The van der Waals surface area contributed by atoms with Crippen LogP contribution in [0.15, 0.2) is 107 Å². The first kappa shape index (κ1) is 32.7. The molecule has 2 aliphatic rings. The molecule has 0 fully saturated rings. The highest BCUT2D eigenvalue weighted by Crippen LogP contribution is 2.31. The van der Waals surface area contributed by atoms with E-state index >= 15 is 0 Å². The summed E-state index contributed by atoms with van der Waals surface area (Å²) in [7, 11) is 2.30. The van der Waals surface area contributed by atoms with E-state index in [4.69, 9.17) is 9.47 Å². The minimum absolute atomic E-state index is 0.00869. The Labute approximate surface area is 285 Å². The average molecular weight is 679 g/mol. The Hall–Kier alpha value is -5.20. The van der Waals surface area contributed by atoms with Gasteiger partial charge in [0.2, 0.25) is 0 Å². The first-order valence-electron chi connectivity index (χ1n) is 15.1. The number of fused-ring (bicyclic) bond motifs is 2. The number of ether oxygens (including phenoxy) is 2. The molecule has 0 N–H and O–H groups in total. The van der Waals surface area contributed by atoms with Crippen LogP contribution in [0.1, 0.15) is 52.6 Å². The van der Waals surface area contributed by atoms with Crippen LogP contribution in [0.25, 0.3) is 0 Å². The van der Waals surface area contributed by atoms with Gasteiger partial charge in [0.05, 0.1) is 46.7 Å². The minimum Gasteiger partial charge on any atom is -0.470 e. The third kappa shape index (κ3) is 7.35. The standard InChI is InChI=1S/C36H30N4O6S2/c1-23-11-15-25(16-12-23)37-35(45-21-19-39-31(41)27-7-3-4-8-28(27)32(39)42)47-48-36(38-26-17-13-24(2)14-18-26)46-22-20-40-33(43)29-9-5-6-10-30(29)34(40)44/h3-18H,19-22H2,1-2H3. The summed E-state index contributed by atoms with van der Waals surface area (Å²) in [4.78, 5) is 63.0. The maximum Gasteiger partial charge on any atom is 0.262 e. The molecular weight excluding hydrogens is 649 g/mol. The fourth-order valence-electron chi connectivity index (χ4n) is 5.00. The lowest BCUT2D eigenvalue weighted by Crippen LogP contribution is -2.33. The first-order valence-corrected chi connectivity index (χ1v) is 17.2. The molecule has 2 aliphatic heterocycles. The molecule has 12 heteroatoms. The van der Waals surface area contributed by atoms with Crippen molar-refractivity contribution in [3.8, 4) is 0 Å². The average Bonchev–Trinajstić information content (AvgIpc) is 3.49. The molecule has 10 nitrogen and oxygen atoms in total. The van der Waals surface area contributed by atoms with Crippen molar-refractivity contribution >= 4 is 67.1 Å². The monoisotopic (exact) mass is 678 g/mol. The quantitative estimate of drug-likeness (QED) is 0.0848. The van der Waals surface area contributed by atoms with Crippen LogP contribution in [0.2, 0.25) is 0 Å². The van der Waals surface area contributed by atoms with Crippen molar-refractivity contribution in [2.45, 2.75) is 13.8 Å². The van der Waals surface area contributed by atoms with Crippen LogP contribution in [0.3, 0.4) is 0 Å². The molecule has 0 saturated carbocycles. The van der Waals surface area contributed by atoms with Gasteiger partial charge < -0.3 is 9.47 Å². The van der Waals surface area contributed by atoms with E-state index in [9.17, 15) is 19.2 Å². The number of carbonyl (C=O) groups is 4. The molecule has 4 amide bonds. The topological polar surface area (TPSA) is 118 Å². The highest BCUT2D eigenvalue weighted by atomic mass is 33.1. The zero-order valence-corrected chi connectivity index (χ0v) is 27.8. The molecule has 2 heterocycles. The minimum atomic E-state index is -0.364. The van der Waals surface area contributed by atoms with Crippen molar-refractivity contribution < 1.29 is 28.7 Å². The molecule has 6 rings (SSSR count). The Bertz CT molecular complexity index is 1730. The molecule has 0 unspecified atom stereocenters. The molecule has 48 heavy (non-hydrogen) atoms. The van der Waals surface area contributed by atoms with E-state index in [2.05, 4.69) is 9.98 Å². The molecule has 4 aromatic carbocycles. The van der Waals surface area contributed by atoms with Crippen LogP contribution in [-0.2, 0) is 9.47 Å². The highest BCUT2D eigenvalue weighted by molar-refractivity contribution is 8.87. The number of imide groups is 2. The van der Waals surface area contributed by atoms with Gasteiger partial charge in [0.15, 0.2) is 0 Å². The van der Waals surface area contributed by atoms with E-state index in [0.29, 0.717) is 33.6 Å². The maximum atomic E-state index is 12.8. The number of aryl methyl sites for hydroxylation is 2. The number of nitrogens with zero attached hydrogens (tertiary/aromatic N) is 4. The number of amides is 4. The van der Waals surface area contributed by atoms with Gasteiger partial charge in [-0.1, -0.05) is 59.7 Å². The Morgan fingerprint density at radius 2 is 0.833 bits per heavy atom. The number of benzene rings is 4. The van der Waals surface area contributed by atoms with Crippen molar-refractivity contribution in [3.05, 3.63) is 130 Å². The number of hydrogen-bond acceptors (Lipinski definition) is 10. The Kier molecular flexibility index (Phi) is 10.0. The van der Waals surface area contributed by atoms with Gasteiger partial charge in [0, 0.05) is 21.6 Å². The molecule has 4 aromatic rings. The summed E-state index contributed by atoms with van der Waals surface area (Å²) in [6.45, 7) is 4.04. The zero-order chi connectivity index (χ0) is 33.6. The zero-order valence-electron chi connectivity index (χ0n) is 26.1. The van der Waals surface area contributed by atoms with Gasteiger partial charge in [-0.15, -0.1) is 0 Å². The normalized spacial score (nSPS) is 14.5. The number of hydrogen-bond donors (Lipinski definition) is 0. The lowest BCUT2D eigenvalue weighted by atomic mass is 10.1. The van der Waals surface area contributed by atoms with Crippen LogP contribution in [0.4, 0.5) is 11.4 Å². The molecule has 0 saturated heterocycles. The second kappa shape index (κ2) is 14.7. The highest BCUT2D eigenvalue weighted by Gasteiger charge is 2.36. The summed E-state index contributed by atoms with van der Waals surface area (Å²) in [5.41, 5.74) is 4.92. The molecule has 0 aliphatic carbocycles. The van der Waals surface area contributed by atoms with Gasteiger partial charge >= 0.3 is 0 Å². The van der Waals surface area contributed by atoms with Crippen molar-refractivity contribution in [2.24, 2.45) is 9.98 Å². The Morgan fingerprint density at radius 1 is 0.521 bits per heavy atom. The van der Waals surface area contributed by atoms with E-state index < -0.39 is 0 Å². The third-order valence-electron chi connectivity index (χ3n) is 7.53. The third-order valence-corrected chi connectivity index (χ3v) is 9.42. The maximum absolute atomic E-state index is 12.8. The van der Waals surface area contributed by atoms with Gasteiger partial charge in [-0.2, -0.15) is 0 Å². The number of carbonyl (C=O) groups excluding carboxylic acids is 4. The molecule has 0 bridgehead atoms. The van der Waals surface area contributed by atoms with E-state index in [1.807, 2.05) is 62.4 Å². The van der Waals surface area contributed by atoms with Gasteiger partial charge in [-0.3, -0.25) is 29.0 Å². The van der Waals surface area contributed by atoms with Crippen LogP contribution in [-0.4, -0.2) is 70.2 Å². The molecule has 242 valence electrons. The fraction of sp³-hybridized carbons (Fsp3) is 0.167. The lowest BCUT2D eigenvalue weighted by Gasteiger charge is -2.16. The van der Waals surface area contributed by atoms with E-state index in [1.165, 1.54) is 9.80 Å². The summed E-state index contributed by atoms with van der Waals surface area (Å²) in [5.74, 6) is -1.45. The van der Waals surface area contributed by atoms with Gasteiger partial charge in [-0.25, -0.2) is 9.98 Å². The molecule has 0 atom stereocenters. The molecule has 0 aromatic heterocycles. The Morgan fingerprint density at radius 3 is 1.15 bits per heavy atom. The van der Waals surface area contributed by atoms with Crippen LogP contribution in [0.5, 0.6) is 0 Å². The Balaban J connectivity index is 1.15. The van der Waals surface area contributed by atoms with E-state index in [-0.39, 0.29) is 60.4 Å². The van der Waals surface area contributed by atoms with Crippen molar-refractivity contribution in [1.29, 1.82) is 0 Å². The second-order valence-corrected chi connectivity index (χ2v) is 12.9. The molecule has 0 spiro atoms. The van der Waals surface area contributed by atoms with Crippen molar-refractivity contribution in [2.75, 3.05) is 26.3 Å². The fourth-order valence-corrected chi connectivity index (χ4v) is 6.63. The van der Waals surface area contributed by atoms with Gasteiger partial charge in [-0.05, 0) is 62.4 Å². The predicted molar refractivity (Wildman–Crippen MR) is 187 cm³/mol. The van der Waals surface area contributed by atoms with Crippen LogP contribution >= 0.6 is 21.6 Å². The SMILES string of the molecule is Cc1ccc(N=C(OCCN2C(=O)c3ccccc3C2=O)SSC(=Nc2ccc(C)cc2)OCCN2C(=O)c3ccccc3C2=O)cc1. The molecular formula is C36H30N4O6S2. The summed E-state index contributed by atoms with van der Waals surface area (Å²) in [6.07, 6.45) is 0. The van der Waals surface area contributed by atoms with E-state index in [0.717, 1.165) is 32.7 Å². The van der Waals surface area contributed by atoms with Crippen molar-refractivity contribution in [3.63, 3.8) is 0 Å². The smallest absolute Gasteiger partial charge is 0.262 e. The summed E-state index contributed by atoms with van der Waals surface area (Å²) >= 11 is 0. The lowest BCUT2D eigenvalue weighted by molar-refractivity contribution is 0.0615. The summed E-state index contributed by atoms with van der Waals surface area (Å²) < 4.78 is 12.1. The molecule has 0 radical (unpaired) electrons. The van der Waals surface area contributed by atoms with Crippen molar-refractivity contribution in [1.82, 2.24) is 9.80 Å². The summed E-state index contributed by atoms with van der Waals surface area (Å²) in [5, 5.41) is 0.502. The van der Waals surface area contributed by atoms with Crippen LogP contribution < -0.4 is 0 Å². The van der Waals surface area contributed by atoms with E-state index in [1.54, 1.807) is 48.5 Å². The summed E-state index contributed by atoms with van der Waals surface area (Å²) in [6, 6.07) is 28.6. The number of rotatable bonds is 8. The predicted octanol–water partition coefficient (Wildman–Crippen LogP) is 6.99. The van der Waals surface area contributed by atoms with Gasteiger partial charge in [0.25, 0.3) is 34.1 Å². The first-order chi connectivity index (χ1) is 23.3. The number of aliphatic imine (C=N–C) groups is 2.